The Morgan fingerprint density at radius 1 is 1.21 bits per heavy atom. The third-order valence-electron chi connectivity index (χ3n) is 4.20. The Labute approximate surface area is 152 Å². The van der Waals surface area contributed by atoms with Gasteiger partial charge in [0.25, 0.3) is 5.56 Å². The summed E-state index contributed by atoms with van der Waals surface area (Å²) in [5.74, 6) is 0.662. The number of H-pyrrole nitrogens is 1. The minimum absolute atomic E-state index is 0.0177. The fraction of sp³-hybridized carbons (Fsp3) is 0.222. The average molecular weight is 402 g/mol. The minimum Gasteiger partial charge on any atom is -0.306 e. The molecule has 1 aliphatic rings. The normalized spacial score (nSPS) is 14.5. The molecule has 0 saturated carbocycles. The van der Waals surface area contributed by atoms with Gasteiger partial charge in [-0.3, -0.25) is 9.69 Å². The first-order chi connectivity index (χ1) is 11.7. The van der Waals surface area contributed by atoms with Gasteiger partial charge in [0.1, 0.15) is 5.82 Å². The molecule has 1 N–H and O–H groups in total. The number of aromatic amines is 1. The summed E-state index contributed by atoms with van der Waals surface area (Å²) in [4.78, 5) is 23.8. The average Bonchev–Trinajstić information content (AvgIpc) is 3.01. The maximum Gasteiger partial charge on any atom is 0.255 e. The summed E-state index contributed by atoms with van der Waals surface area (Å²) in [7, 11) is 0. The zero-order valence-electron chi connectivity index (χ0n) is 13.0. The van der Waals surface area contributed by atoms with Crippen molar-refractivity contribution in [2.24, 2.45) is 0 Å². The van der Waals surface area contributed by atoms with Gasteiger partial charge in [-0.2, -0.15) is 0 Å². The van der Waals surface area contributed by atoms with E-state index < -0.39 is 0 Å². The Morgan fingerprint density at radius 2 is 2.04 bits per heavy atom. The predicted octanol–water partition coefficient (Wildman–Crippen LogP) is 3.82. The van der Waals surface area contributed by atoms with Gasteiger partial charge in [0.2, 0.25) is 0 Å². The van der Waals surface area contributed by atoms with Gasteiger partial charge in [-0.15, -0.1) is 11.3 Å². The van der Waals surface area contributed by atoms with Crippen molar-refractivity contribution in [1.29, 1.82) is 0 Å². The highest BCUT2D eigenvalue weighted by Gasteiger charge is 2.21. The fourth-order valence-electron chi connectivity index (χ4n) is 3.01. The lowest BCUT2D eigenvalue weighted by Gasteiger charge is -2.27. The third-order valence-corrected chi connectivity index (χ3v) is 5.81. The molecule has 122 valence electrons. The van der Waals surface area contributed by atoms with Crippen molar-refractivity contribution in [2.45, 2.75) is 19.5 Å². The van der Waals surface area contributed by atoms with Crippen LogP contribution in [0.3, 0.4) is 0 Å². The lowest BCUT2D eigenvalue weighted by Crippen LogP contribution is -2.35. The molecule has 3 aromatic rings. The molecule has 0 atom stereocenters. The van der Waals surface area contributed by atoms with E-state index in [1.54, 1.807) is 11.3 Å². The second-order valence-electron chi connectivity index (χ2n) is 5.87. The van der Waals surface area contributed by atoms with Gasteiger partial charge in [-0.05, 0) is 28.1 Å². The second kappa shape index (κ2) is 6.63. The van der Waals surface area contributed by atoms with E-state index in [0.717, 1.165) is 40.1 Å². The number of aromatic nitrogens is 2. The van der Waals surface area contributed by atoms with Gasteiger partial charge in [-0.25, -0.2) is 4.98 Å². The Hall–Kier alpha value is -1.76. The number of hydrogen-bond acceptors (Lipinski definition) is 4. The molecule has 24 heavy (non-hydrogen) atoms. The highest BCUT2D eigenvalue weighted by atomic mass is 79.9. The monoisotopic (exact) mass is 401 g/mol. The van der Waals surface area contributed by atoms with Crippen molar-refractivity contribution in [3.63, 3.8) is 0 Å². The molecule has 0 radical (unpaired) electrons. The number of nitrogens with zero attached hydrogens (tertiary/aromatic N) is 2. The van der Waals surface area contributed by atoms with Crippen molar-refractivity contribution in [3.05, 3.63) is 72.7 Å². The molecular weight excluding hydrogens is 386 g/mol. The lowest BCUT2D eigenvalue weighted by molar-refractivity contribution is 0.244. The largest absolute Gasteiger partial charge is 0.306 e. The van der Waals surface area contributed by atoms with Crippen molar-refractivity contribution in [1.82, 2.24) is 14.9 Å². The Kier molecular flexibility index (Phi) is 4.35. The summed E-state index contributed by atoms with van der Waals surface area (Å²) in [6, 6.07) is 14.0. The number of benzene rings is 1. The zero-order chi connectivity index (χ0) is 16.5. The number of rotatable bonds is 3. The molecule has 4 rings (SSSR count). The van der Waals surface area contributed by atoms with E-state index in [0.29, 0.717) is 12.4 Å². The van der Waals surface area contributed by atoms with Gasteiger partial charge in [0.15, 0.2) is 0 Å². The van der Waals surface area contributed by atoms with Gasteiger partial charge in [0.05, 0.1) is 15.0 Å². The fourth-order valence-corrected chi connectivity index (χ4v) is 4.53. The summed E-state index contributed by atoms with van der Waals surface area (Å²) < 4.78 is 1.14. The quantitative estimate of drug-likeness (QED) is 0.725. The molecule has 0 spiro atoms. The lowest BCUT2D eigenvalue weighted by atomic mass is 10.1. The van der Waals surface area contributed by atoms with E-state index in [1.807, 2.05) is 30.3 Å². The summed E-state index contributed by atoms with van der Waals surface area (Å²) in [5.41, 5.74) is 2.66. The Balaban J connectivity index is 1.59. The van der Waals surface area contributed by atoms with Crippen LogP contribution in [-0.2, 0) is 19.5 Å². The molecule has 3 heterocycles. The van der Waals surface area contributed by atoms with Gasteiger partial charge < -0.3 is 4.98 Å². The maximum atomic E-state index is 12.5. The zero-order valence-corrected chi connectivity index (χ0v) is 15.4. The first kappa shape index (κ1) is 15.7. The summed E-state index contributed by atoms with van der Waals surface area (Å²) in [5, 5.41) is 0. The molecule has 0 fully saturated rings. The summed E-state index contributed by atoms with van der Waals surface area (Å²) >= 11 is 5.24. The molecule has 0 unspecified atom stereocenters. The highest BCUT2D eigenvalue weighted by Crippen LogP contribution is 2.25. The molecule has 0 saturated heterocycles. The third kappa shape index (κ3) is 3.22. The van der Waals surface area contributed by atoms with E-state index in [9.17, 15) is 4.79 Å². The Bertz CT molecular complexity index is 920. The molecule has 4 nitrogen and oxygen atoms in total. The van der Waals surface area contributed by atoms with Crippen LogP contribution < -0.4 is 5.56 Å². The summed E-state index contributed by atoms with van der Waals surface area (Å²) in [6.45, 7) is 2.45. The van der Waals surface area contributed by atoms with Crippen molar-refractivity contribution < 1.29 is 0 Å². The van der Waals surface area contributed by atoms with Crippen LogP contribution in [0.5, 0.6) is 0 Å². The van der Waals surface area contributed by atoms with Crippen LogP contribution >= 0.6 is 27.3 Å². The first-order valence-corrected chi connectivity index (χ1v) is 9.44. The van der Waals surface area contributed by atoms with E-state index >= 15 is 0 Å². The van der Waals surface area contributed by atoms with Crippen LogP contribution in [0.1, 0.15) is 16.1 Å². The van der Waals surface area contributed by atoms with Crippen LogP contribution in [0.4, 0.5) is 0 Å². The SMILES string of the molecule is O=c1[nH]c(-c2ccccc2)nc2c1CN(Cc1ccc(Br)s1)CC2. The number of halogens is 1. The van der Waals surface area contributed by atoms with Crippen LogP contribution in [0, 0.1) is 0 Å². The van der Waals surface area contributed by atoms with Crippen LogP contribution in [0.2, 0.25) is 0 Å². The van der Waals surface area contributed by atoms with Gasteiger partial charge >= 0.3 is 0 Å². The Morgan fingerprint density at radius 3 is 2.79 bits per heavy atom. The summed E-state index contributed by atoms with van der Waals surface area (Å²) in [6.07, 6.45) is 0.811. The van der Waals surface area contributed by atoms with E-state index in [2.05, 4.69) is 37.9 Å². The molecule has 2 aromatic heterocycles. The number of thiophene rings is 1. The standard InChI is InChI=1S/C18H16BrN3OS/c19-16-7-6-13(24-16)10-22-9-8-15-14(11-22)18(23)21-17(20-15)12-4-2-1-3-5-12/h1-7H,8-11H2,(H,20,21,23). The first-order valence-electron chi connectivity index (χ1n) is 7.83. The van der Waals surface area contributed by atoms with Crippen LogP contribution in [0.15, 0.2) is 51.0 Å². The smallest absolute Gasteiger partial charge is 0.255 e. The molecule has 1 aromatic carbocycles. The molecule has 1 aliphatic heterocycles. The molecule has 0 amide bonds. The number of nitrogens with one attached hydrogen (secondary N) is 1. The van der Waals surface area contributed by atoms with Crippen molar-refractivity contribution in [3.8, 4) is 11.4 Å². The molecular formula is C18H16BrN3OS. The van der Waals surface area contributed by atoms with E-state index in [1.165, 1.54) is 4.88 Å². The van der Waals surface area contributed by atoms with Gasteiger partial charge in [0, 0.05) is 36.5 Å². The highest BCUT2D eigenvalue weighted by molar-refractivity contribution is 9.11. The van der Waals surface area contributed by atoms with E-state index in [-0.39, 0.29) is 5.56 Å². The topological polar surface area (TPSA) is 49.0 Å². The molecule has 0 bridgehead atoms. The van der Waals surface area contributed by atoms with Crippen molar-refractivity contribution in [2.75, 3.05) is 6.54 Å². The number of hydrogen-bond donors (Lipinski definition) is 1. The molecule has 6 heteroatoms. The van der Waals surface area contributed by atoms with Crippen LogP contribution in [-0.4, -0.2) is 21.4 Å². The van der Waals surface area contributed by atoms with Gasteiger partial charge in [-0.1, -0.05) is 30.3 Å². The number of fused-ring (bicyclic) bond motifs is 1. The second-order valence-corrected chi connectivity index (χ2v) is 8.42. The minimum atomic E-state index is -0.0177. The van der Waals surface area contributed by atoms with Crippen LogP contribution in [0.25, 0.3) is 11.4 Å². The van der Waals surface area contributed by atoms with Crippen molar-refractivity contribution >= 4 is 27.3 Å². The molecule has 0 aliphatic carbocycles. The maximum absolute atomic E-state index is 12.5. The van der Waals surface area contributed by atoms with E-state index in [4.69, 9.17) is 4.98 Å². The predicted molar refractivity (Wildman–Crippen MR) is 100 cm³/mol.